The van der Waals surface area contributed by atoms with Gasteiger partial charge in [0.1, 0.15) is 0 Å². The molecule has 3 fully saturated rings. The van der Waals surface area contributed by atoms with Crippen LogP contribution in [-0.4, -0.2) is 24.5 Å². The summed E-state index contributed by atoms with van der Waals surface area (Å²) in [7, 11) is 0. The summed E-state index contributed by atoms with van der Waals surface area (Å²) in [6.45, 7) is 12.5. The van der Waals surface area contributed by atoms with Crippen LogP contribution in [0.3, 0.4) is 0 Å². The Kier molecular flexibility index (Phi) is 3.44. The lowest BCUT2D eigenvalue weighted by Gasteiger charge is -2.45. The summed E-state index contributed by atoms with van der Waals surface area (Å²) < 4.78 is 0. The lowest BCUT2D eigenvalue weighted by atomic mass is 9.68. The van der Waals surface area contributed by atoms with Gasteiger partial charge in [-0.3, -0.25) is 4.79 Å². The van der Waals surface area contributed by atoms with E-state index >= 15 is 0 Å². The number of hydrogen-bond donors (Lipinski definition) is 2. The third-order valence-electron chi connectivity index (χ3n) is 6.95. The van der Waals surface area contributed by atoms with Crippen molar-refractivity contribution in [2.45, 2.75) is 78.8 Å². The van der Waals surface area contributed by atoms with Crippen molar-refractivity contribution in [2.24, 2.45) is 22.2 Å². The van der Waals surface area contributed by atoms with Gasteiger partial charge in [-0.1, -0.05) is 34.6 Å². The van der Waals surface area contributed by atoms with Gasteiger partial charge in [-0.15, -0.1) is 0 Å². The van der Waals surface area contributed by atoms with E-state index in [0.29, 0.717) is 11.5 Å². The summed E-state index contributed by atoms with van der Waals surface area (Å²) >= 11 is 0. The van der Waals surface area contributed by atoms with Crippen molar-refractivity contribution in [1.29, 1.82) is 0 Å². The monoisotopic (exact) mass is 292 g/mol. The minimum absolute atomic E-state index is 0.0372. The standard InChI is InChI=1S/C18H32N2O/c1-16(2)8-6-10-19-13(16)14(21)20-15-17(3,4)12-7-9-18(15,5)11-12/h12-13,15,19H,6-11H2,1-5H3,(H,20,21). The average molecular weight is 292 g/mol. The minimum atomic E-state index is -0.0372. The predicted molar refractivity (Wildman–Crippen MR) is 86.0 cm³/mol. The molecule has 1 saturated heterocycles. The molecule has 120 valence electrons. The normalized spacial score (nSPS) is 43.8. The van der Waals surface area contributed by atoms with Crippen LogP contribution in [0.4, 0.5) is 0 Å². The average Bonchev–Trinajstić information content (AvgIpc) is 2.85. The summed E-state index contributed by atoms with van der Waals surface area (Å²) in [5.74, 6) is 1.01. The molecule has 0 aromatic carbocycles. The smallest absolute Gasteiger partial charge is 0.237 e. The van der Waals surface area contributed by atoms with Crippen molar-refractivity contribution in [3.8, 4) is 0 Å². The number of fused-ring (bicyclic) bond motifs is 2. The second-order valence-corrected chi connectivity index (χ2v) is 9.34. The van der Waals surface area contributed by atoms with Crippen molar-refractivity contribution in [3.05, 3.63) is 0 Å². The number of hydrogen-bond acceptors (Lipinski definition) is 2. The highest BCUT2D eigenvalue weighted by molar-refractivity contribution is 5.83. The summed E-state index contributed by atoms with van der Waals surface area (Å²) in [4.78, 5) is 12.9. The SMILES string of the molecule is CC1(C)CCCNC1C(=O)NC1C2(C)CCC(C2)C1(C)C. The fraction of sp³-hybridized carbons (Fsp3) is 0.944. The maximum atomic E-state index is 12.9. The molecular weight excluding hydrogens is 260 g/mol. The van der Waals surface area contributed by atoms with E-state index in [-0.39, 0.29) is 22.8 Å². The Bertz CT molecular complexity index is 438. The Balaban J connectivity index is 1.75. The van der Waals surface area contributed by atoms with Gasteiger partial charge in [0.15, 0.2) is 0 Å². The minimum Gasteiger partial charge on any atom is -0.351 e. The molecule has 3 rings (SSSR count). The first-order valence-corrected chi connectivity index (χ1v) is 8.71. The lowest BCUT2D eigenvalue weighted by molar-refractivity contribution is -0.129. The van der Waals surface area contributed by atoms with Gasteiger partial charge in [-0.25, -0.2) is 0 Å². The van der Waals surface area contributed by atoms with Crippen molar-refractivity contribution in [2.75, 3.05) is 6.54 Å². The van der Waals surface area contributed by atoms with Gasteiger partial charge in [-0.2, -0.15) is 0 Å². The van der Waals surface area contributed by atoms with Crippen molar-refractivity contribution in [1.82, 2.24) is 10.6 Å². The van der Waals surface area contributed by atoms with Gasteiger partial charge in [0.25, 0.3) is 0 Å². The molecule has 2 saturated carbocycles. The van der Waals surface area contributed by atoms with E-state index in [1.807, 2.05) is 0 Å². The number of nitrogens with one attached hydrogen (secondary N) is 2. The molecule has 21 heavy (non-hydrogen) atoms. The van der Waals surface area contributed by atoms with Crippen LogP contribution < -0.4 is 10.6 Å². The number of rotatable bonds is 2. The fourth-order valence-electron chi connectivity index (χ4n) is 5.55. The second-order valence-electron chi connectivity index (χ2n) is 9.34. The van der Waals surface area contributed by atoms with Gasteiger partial charge in [-0.05, 0) is 60.8 Å². The van der Waals surface area contributed by atoms with Gasteiger partial charge in [0.2, 0.25) is 5.91 Å². The topological polar surface area (TPSA) is 41.1 Å². The third kappa shape index (κ3) is 2.32. The van der Waals surface area contributed by atoms with Crippen molar-refractivity contribution < 1.29 is 4.79 Å². The zero-order valence-electron chi connectivity index (χ0n) is 14.4. The molecular formula is C18H32N2O. The van der Waals surface area contributed by atoms with Crippen LogP contribution in [0.25, 0.3) is 0 Å². The molecule has 1 amide bonds. The molecule has 3 nitrogen and oxygen atoms in total. The molecule has 2 bridgehead atoms. The van der Waals surface area contributed by atoms with Crippen LogP contribution in [0, 0.1) is 22.2 Å². The molecule has 0 aromatic heterocycles. The molecule has 3 heteroatoms. The van der Waals surface area contributed by atoms with E-state index in [2.05, 4.69) is 45.3 Å². The molecule has 0 aromatic rings. The molecule has 3 aliphatic rings. The highest BCUT2D eigenvalue weighted by atomic mass is 16.2. The van der Waals surface area contributed by atoms with E-state index in [1.54, 1.807) is 0 Å². The summed E-state index contributed by atoms with van der Waals surface area (Å²) in [6.07, 6.45) is 6.19. The zero-order valence-corrected chi connectivity index (χ0v) is 14.4. The first-order chi connectivity index (χ1) is 9.67. The largest absolute Gasteiger partial charge is 0.351 e. The summed E-state index contributed by atoms with van der Waals surface area (Å²) in [5, 5.41) is 6.92. The fourth-order valence-corrected chi connectivity index (χ4v) is 5.55. The zero-order chi connectivity index (χ0) is 15.5. The van der Waals surface area contributed by atoms with Gasteiger partial charge in [0, 0.05) is 6.04 Å². The Labute approximate surface area is 129 Å². The Morgan fingerprint density at radius 3 is 2.43 bits per heavy atom. The Hall–Kier alpha value is -0.570. The van der Waals surface area contributed by atoms with Gasteiger partial charge >= 0.3 is 0 Å². The summed E-state index contributed by atoms with van der Waals surface area (Å²) in [6, 6.07) is 0.292. The van der Waals surface area contributed by atoms with Crippen LogP contribution in [0.15, 0.2) is 0 Å². The Morgan fingerprint density at radius 1 is 1.14 bits per heavy atom. The van der Waals surface area contributed by atoms with Gasteiger partial charge in [0.05, 0.1) is 6.04 Å². The van der Waals surface area contributed by atoms with Crippen LogP contribution in [0.5, 0.6) is 0 Å². The molecule has 0 radical (unpaired) electrons. The van der Waals surface area contributed by atoms with E-state index in [9.17, 15) is 4.79 Å². The first-order valence-electron chi connectivity index (χ1n) is 8.71. The molecule has 4 atom stereocenters. The predicted octanol–water partition coefficient (Wildman–Crippen LogP) is 3.10. The molecule has 1 heterocycles. The van der Waals surface area contributed by atoms with Crippen molar-refractivity contribution in [3.63, 3.8) is 0 Å². The number of piperidine rings is 1. The van der Waals surface area contributed by atoms with Crippen molar-refractivity contribution >= 4 is 5.91 Å². The van der Waals surface area contributed by atoms with E-state index in [0.717, 1.165) is 18.9 Å². The first kappa shape index (κ1) is 15.3. The van der Waals surface area contributed by atoms with E-state index in [4.69, 9.17) is 0 Å². The number of carbonyl (C=O) groups is 1. The van der Waals surface area contributed by atoms with Gasteiger partial charge < -0.3 is 10.6 Å². The lowest BCUT2D eigenvalue weighted by Crippen LogP contribution is -2.61. The molecule has 2 aliphatic carbocycles. The van der Waals surface area contributed by atoms with Crippen LogP contribution in [-0.2, 0) is 4.79 Å². The second kappa shape index (κ2) is 4.71. The third-order valence-corrected chi connectivity index (χ3v) is 6.95. The molecule has 0 spiro atoms. The number of amides is 1. The van der Waals surface area contributed by atoms with Crippen LogP contribution in [0.2, 0.25) is 0 Å². The molecule has 4 unspecified atom stereocenters. The molecule has 2 N–H and O–H groups in total. The Morgan fingerprint density at radius 2 is 1.86 bits per heavy atom. The van der Waals surface area contributed by atoms with Crippen LogP contribution >= 0.6 is 0 Å². The highest BCUT2D eigenvalue weighted by Gasteiger charge is 2.60. The summed E-state index contributed by atoms with van der Waals surface area (Å²) in [5.41, 5.74) is 0.606. The number of carbonyl (C=O) groups excluding carboxylic acids is 1. The quantitative estimate of drug-likeness (QED) is 0.821. The van der Waals surface area contributed by atoms with Crippen LogP contribution in [0.1, 0.15) is 66.7 Å². The maximum absolute atomic E-state index is 12.9. The molecule has 1 aliphatic heterocycles. The van der Waals surface area contributed by atoms with E-state index in [1.165, 1.54) is 25.7 Å². The maximum Gasteiger partial charge on any atom is 0.237 e. The highest BCUT2D eigenvalue weighted by Crippen LogP contribution is 2.62. The van der Waals surface area contributed by atoms with E-state index < -0.39 is 0 Å².